The number of hydrogen-bond acceptors (Lipinski definition) is 7. The molecule has 0 saturated carbocycles. The highest BCUT2D eigenvalue weighted by atomic mass is 16.5. The van der Waals surface area contributed by atoms with Gasteiger partial charge in [-0.15, -0.1) is 0 Å². The number of ether oxygens (including phenoxy) is 2. The normalized spacial score (nSPS) is 17.2. The summed E-state index contributed by atoms with van der Waals surface area (Å²) in [5.41, 5.74) is 4.27. The van der Waals surface area contributed by atoms with Gasteiger partial charge >= 0.3 is 0 Å². The maximum absolute atomic E-state index is 5.97. The van der Waals surface area contributed by atoms with Gasteiger partial charge in [0, 0.05) is 43.8 Å². The number of nitrogens with zero attached hydrogens (tertiary/aromatic N) is 3. The van der Waals surface area contributed by atoms with Crippen molar-refractivity contribution in [3.05, 3.63) is 42.7 Å². The number of benzene rings is 1. The van der Waals surface area contributed by atoms with E-state index in [4.69, 9.17) is 9.47 Å². The summed E-state index contributed by atoms with van der Waals surface area (Å²) in [4.78, 5) is 13.5. The van der Waals surface area contributed by atoms with Crippen molar-refractivity contribution < 1.29 is 9.47 Å². The summed E-state index contributed by atoms with van der Waals surface area (Å²) >= 11 is 0. The lowest BCUT2D eigenvalue weighted by molar-refractivity contribution is -0.000407. The van der Waals surface area contributed by atoms with E-state index in [0.29, 0.717) is 24.6 Å². The smallest absolute Gasteiger partial charge is 0.242 e. The minimum atomic E-state index is 0.0100. The Morgan fingerprint density at radius 1 is 1.23 bits per heavy atom. The van der Waals surface area contributed by atoms with Crippen molar-refractivity contribution in [3.63, 3.8) is 0 Å². The minimum Gasteiger partial charge on any atom is -0.473 e. The van der Waals surface area contributed by atoms with E-state index in [2.05, 4.69) is 25.6 Å². The van der Waals surface area contributed by atoms with E-state index in [1.807, 2.05) is 37.4 Å². The Morgan fingerprint density at radius 3 is 2.85 bits per heavy atom. The Labute approximate surface area is 151 Å². The molecule has 4 rings (SSSR count). The zero-order valence-electron chi connectivity index (χ0n) is 14.6. The molecule has 1 fully saturated rings. The van der Waals surface area contributed by atoms with Crippen molar-refractivity contribution in [1.29, 1.82) is 0 Å². The first-order valence-electron chi connectivity index (χ1n) is 8.68. The highest BCUT2D eigenvalue weighted by Gasteiger charge is 2.17. The molecule has 1 aliphatic heterocycles. The molecule has 0 radical (unpaired) electrons. The van der Waals surface area contributed by atoms with Crippen LogP contribution in [0.25, 0.3) is 22.3 Å². The van der Waals surface area contributed by atoms with Crippen LogP contribution in [0.4, 0.5) is 5.69 Å². The largest absolute Gasteiger partial charge is 0.473 e. The third kappa shape index (κ3) is 3.58. The summed E-state index contributed by atoms with van der Waals surface area (Å²) in [6.07, 6.45) is 3.33. The Kier molecular flexibility index (Phi) is 4.90. The summed E-state index contributed by atoms with van der Waals surface area (Å²) in [6.45, 7) is 2.77. The monoisotopic (exact) mass is 351 g/mol. The summed E-state index contributed by atoms with van der Waals surface area (Å²) in [5, 5.41) is 6.41. The zero-order valence-corrected chi connectivity index (χ0v) is 14.6. The molecule has 0 amide bonds. The van der Waals surface area contributed by atoms with Gasteiger partial charge in [-0.05, 0) is 18.2 Å². The molecule has 0 bridgehead atoms. The third-order valence-corrected chi connectivity index (χ3v) is 4.30. The second-order valence-corrected chi connectivity index (χ2v) is 6.07. The standard InChI is InChI=1S/C19H21N5O2/c1-20-14-4-2-13(3-5-14)16-10-17-18(23-7-6-22-17)19(24-16)26-12-15-11-21-8-9-25-15/h2-7,10,15,20-21H,8-9,11-12H2,1H3/t15-/m0/s1. The van der Waals surface area contributed by atoms with Crippen molar-refractivity contribution in [1.82, 2.24) is 20.3 Å². The number of morpholine rings is 1. The van der Waals surface area contributed by atoms with Crippen LogP contribution in [0.1, 0.15) is 0 Å². The van der Waals surface area contributed by atoms with E-state index in [9.17, 15) is 0 Å². The molecule has 26 heavy (non-hydrogen) atoms. The second kappa shape index (κ2) is 7.63. The van der Waals surface area contributed by atoms with Gasteiger partial charge in [-0.1, -0.05) is 12.1 Å². The van der Waals surface area contributed by atoms with Crippen LogP contribution in [-0.2, 0) is 4.74 Å². The van der Waals surface area contributed by atoms with E-state index in [1.54, 1.807) is 12.4 Å². The number of nitrogens with one attached hydrogen (secondary N) is 2. The first-order valence-corrected chi connectivity index (χ1v) is 8.68. The fourth-order valence-corrected chi connectivity index (χ4v) is 2.90. The predicted octanol–water partition coefficient (Wildman–Crippen LogP) is 2.10. The van der Waals surface area contributed by atoms with Crippen LogP contribution < -0.4 is 15.4 Å². The molecule has 2 aromatic heterocycles. The highest BCUT2D eigenvalue weighted by Crippen LogP contribution is 2.27. The molecule has 1 aromatic carbocycles. The average Bonchev–Trinajstić information content (AvgIpc) is 2.72. The van der Waals surface area contributed by atoms with Gasteiger partial charge in [0.15, 0.2) is 5.52 Å². The second-order valence-electron chi connectivity index (χ2n) is 6.07. The van der Waals surface area contributed by atoms with Crippen LogP contribution in [0.5, 0.6) is 5.88 Å². The topological polar surface area (TPSA) is 81.2 Å². The van der Waals surface area contributed by atoms with Gasteiger partial charge in [0.25, 0.3) is 0 Å². The molecule has 1 atom stereocenters. The van der Waals surface area contributed by atoms with Gasteiger partial charge in [0.1, 0.15) is 12.7 Å². The van der Waals surface area contributed by atoms with E-state index < -0.39 is 0 Å². The minimum absolute atomic E-state index is 0.0100. The Bertz CT molecular complexity index is 879. The summed E-state index contributed by atoms with van der Waals surface area (Å²) in [5.74, 6) is 0.484. The molecule has 7 nitrogen and oxygen atoms in total. The number of hydrogen-bond donors (Lipinski definition) is 2. The van der Waals surface area contributed by atoms with Crippen molar-refractivity contribution in [2.75, 3.05) is 38.7 Å². The highest BCUT2D eigenvalue weighted by molar-refractivity contribution is 5.83. The molecule has 2 N–H and O–H groups in total. The van der Waals surface area contributed by atoms with Gasteiger partial charge in [-0.3, -0.25) is 4.98 Å². The number of pyridine rings is 1. The lowest BCUT2D eigenvalue weighted by atomic mass is 10.1. The van der Waals surface area contributed by atoms with E-state index in [0.717, 1.165) is 35.6 Å². The molecular formula is C19H21N5O2. The Balaban J connectivity index is 1.65. The van der Waals surface area contributed by atoms with Crippen molar-refractivity contribution in [2.24, 2.45) is 0 Å². The predicted molar refractivity (Wildman–Crippen MR) is 100 cm³/mol. The zero-order chi connectivity index (χ0) is 17.8. The maximum Gasteiger partial charge on any atom is 0.242 e. The van der Waals surface area contributed by atoms with E-state index >= 15 is 0 Å². The Hall–Kier alpha value is -2.77. The van der Waals surface area contributed by atoms with Crippen molar-refractivity contribution in [3.8, 4) is 17.1 Å². The van der Waals surface area contributed by atoms with Crippen molar-refractivity contribution in [2.45, 2.75) is 6.10 Å². The number of anilines is 1. The van der Waals surface area contributed by atoms with Crippen LogP contribution in [0, 0.1) is 0 Å². The molecule has 0 aliphatic carbocycles. The fourth-order valence-electron chi connectivity index (χ4n) is 2.90. The number of rotatable bonds is 5. The molecule has 134 valence electrons. The van der Waals surface area contributed by atoms with Crippen LogP contribution in [0.15, 0.2) is 42.7 Å². The van der Waals surface area contributed by atoms with Crippen LogP contribution in [-0.4, -0.2) is 54.4 Å². The van der Waals surface area contributed by atoms with Gasteiger partial charge in [0.05, 0.1) is 17.8 Å². The third-order valence-electron chi connectivity index (χ3n) is 4.30. The molecule has 0 unspecified atom stereocenters. The van der Waals surface area contributed by atoms with E-state index in [1.165, 1.54) is 0 Å². The summed E-state index contributed by atoms with van der Waals surface area (Å²) in [6, 6.07) is 10.0. The van der Waals surface area contributed by atoms with Crippen LogP contribution in [0.3, 0.4) is 0 Å². The molecule has 3 aromatic rings. The summed E-state index contributed by atoms with van der Waals surface area (Å²) in [7, 11) is 1.90. The molecule has 1 aliphatic rings. The lowest BCUT2D eigenvalue weighted by Crippen LogP contribution is -2.41. The number of aromatic nitrogens is 3. The first-order chi connectivity index (χ1) is 12.8. The van der Waals surface area contributed by atoms with Gasteiger partial charge < -0.3 is 20.1 Å². The van der Waals surface area contributed by atoms with E-state index in [-0.39, 0.29) is 6.10 Å². The van der Waals surface area contributed by atoms with Crippen molar-refractivity contribution >= 4 is 16.7 Å². The average molecular weight is 351 g/mol. The van der Waals surface area contributed by atoms with Crippen LogP contribution in [0.2, 0.25) is 0 Å². The SMILES string of the molecule is CNc1ccc(-c2cc3nccnc3c(OC[C@@H]3CNCCO3)n2)cc1. The molecule has 0 spiro atoms. The van der Waals surface area contributed by atoms with Gasteiger partial charge in [-0.25, -0.2) is 9.97 Å². The maximum atomic E-state index is 5.97. The van der Waals surface area contributed by atoms with Crippen LogP contribution >= 0.6 is 0 Å². The first kappa shape index (κ1) is 16.7. The lowest BCUT2D eigenvalue weighted by Gasteiger charge is -2.23. The molecule has 3 heterocycles. The quantitative estimate of drug-likeness (QED) is 0.728. The molecular weight excluding hydrogens is 330 g/mol. The fraction of sp³-hybridized carbons (Fsp3) is 0.316. The van der Waals surface area contributed by atoms with Gasteiger partial charge in [0.2, 0.25) is 5.88 Å². The molecule has 7 heteroatoms. The molecule has 1 saturated heterocycles. The van der Waals surface area contributed by atoms with Gasteiger partial charge in [-0.2, -0.15) is 0 Å². The number of fused-ring (bicyclic) bond motifs is 1. The summed E-state index contributed by atoms with van der Waals surface area (Å²) < 4.78 is 11.7. The Morgan fingerprint density at radius 2 is 2.08 bits per heavy atom.